The summed E-state index contributed by atoms with van der Waals surface area (Å²) in [6.45, 7) is 1.00. The maximum absolute atomic E-state index is 13.6. The molecule has 2 heterocycles. The second-order valence-corrected chi connectivity index (χ2v) is 10.7. The number of fused-ring (bicyclic) bond motifs is 1. The Bertz CT molecular complexity index is 1600. The second-order valence-electron chi connectivity index (χ2n) is 8.60. The Morgan fingerprint density at radius 1 is 1.20 bits per heavy atom. The van der Waals surface area contributed by atoms with Gasteiger partial charge in [-0.05, 0) is 73.8 Å². The topological polar surface area (TPSA) is 130 Å². The van der Waals surface area contributed by atoms with Crippen LogP contribution < -0.4 is 20.8 Å². The van der Waals surface area contributed by atoms with E-state index in [0.717, 1.165) is 0 Å². The Labute approximate surface area is 249 Å². The van der Waals surface area contributed by atoms with Crippen LogP contribution in [0.2, 0.25) is 5.02 Å². The number of carbonyl (C=O) groups is 1. The summed E-state index contributed by atoms with van der Waals surface area (Å²) in [5.74, 6) is 0.319. The highest BCUT2D eigenvalue weighted by atomic mass is 79.9. The van der Waals surface area contributed by atoms with Crippen molar-refractivity contribution in [3.63, 3.8) is 0 Å². The van der Waals surface area contributed by atoms with Crippen LogP contribution in [0.4, 0.5) is 26.4 Å². The Morgan fingerprint density at radius 2 is 2.00 bits per heavy atom. The van der Waals surface area contributed by atoms with Crippen molar-refractivity contribution in [2.75, 3.05) is 23.8 Å². The lowest BCUT2D eigenvalue weighted by Crippen LogP contribution is -2.25. The van der Waals surface area contributed by atoms with E-state index in [1.807, 2.05) is 0 Å². The van der Waals surface area contributed by atoms with Crippen LogP contribution in [-0.4, -0.2) is 46.6 Å². The van der Waals surface area contributed by atoms with Gasteiger partial charge in [-0.3, -0.25) is 0 Å². The molecule has 0 bridgehead atoms. The Kier molecular flexibility index (Phi) is 8.64. The average molecular weight is 695 g/mol. The number of carbonyl (C=O) groups excluding carboxylic acids is 1. The molecule has 1 fully saturated rings. The van der Waals surface area contributed by atoms with Gasteiger partial charge < -0.3 is 25.2 Å². The quantitative estimate of drug-likeness (QED) is 0.125. The third kappa shape index (κ3) is 6.61. The number of aromatic hydroxyl groups is 1. The lowest BCUT2D eigenvalue weighted by molar-refractivity contribution is 0.142. The largest absolute Gasteiger partial charge is 0.506 e. The van der Waals surface area contributed by atoms with E-state index in [0.29, 0.717) is 68.0 Å². The summed E-state index contributed by atoms with van der Waals surface area (Å²) in [4.78, 5) is 21.5. The van der Waals surface area contributed by atoms with E-state index >= 15 is 0 Å². The average Bonchev–Trinajstić information content (AvgIpc) is 3.43. The molecular weight excluding hydrogens is 675 g/mol. The molecule has 4 N–H and O–H groups in total. The molecule has 1 unspecified atom stereocenters. The second kappa shape index (κ2) is 12.3. The number of hydrogen-bond acceptors (Lipinski definition) is 8. The molecule has 1 aliphatic heterocycles. The van der Waals surface area contributed by atoms with E-state index in [1.165, 1.54) is 30.7 Å². The first kappa shape index (κ1) is 28.0. The molecule has 0 spiro atoms. The van der Waals surface area contributed by atoms with E-state index in [9.17, 15) is 14.3 Å². The summed E-state index contributed by atoms with van der Waals surface area (Å²) >= 11 is 12.4. The van der Waals surface area contributed by atoms with Crippen LogP contribution >= 0.6 is 43.5 Å². The van der Waals surface area contributed by atoms with Crippen LogP contribution in [0.25, 0.3) is 10.9 Å². The van der Waals surface area contributed by atoms with E-state index < -0.39 is 11.8 Å². The Hall–Kier alpha value is -3.52. The summed E-state index contributed by atoms with van der Waals surface area (Å²) in [5.41, 5.74) is 4.45. The van der Waals surface area contributed by atoms with Gasteiger partial charge in [0.25, 0.3) is 0 Å². The molecule has 3 aromatic carbocycles. The number of phenols is 1. The third-order valence-corrected chi connectivity index (χ3v) is 7.27. The van der Waals surface area contributed by atoms with Crippen LogP contribution in [-0.2, 0) is 4.74 Å². The number of benzene rings is 3. The molecule has 10 nitrogen and oxygen atoms in total. The van der Waals surface area contributed by atoms with Crippen molar-refractivity contribution in [2.24, 2.45) is 5.10 Å². The van der Waals surface area contributed by atoms with Gasteiger partial charge >= 0.3 is 6.03 Å². The number of hydrazone groups is 1. The van der Waals surface area contributed by atoms with Crippen molar-refractivity contribution in [1.82, 2.24) is 15.4 Å². The van der Waals surface area contributed by atoms with Crippen molar-refractivity contribution in [1.29, 1.82) is 0 Å². The van der Waals surface area contributed by atoms with Crippen LogP contribution in [0.15, 0.2) is 62.8 Å². The monoisotopic (exact) mass is 692 g/mol. The van der Waals surface area contributed by atoms with Crippen molar-refractivity contribution >= 4 is 83.8 Å². The van der Waals surface area contributed by atoms with Gasteiger partial charge in [0, 0.05) is 23.6 Å². The van der Waals surface area contributed by atoms with Crippen LogP contribution in [0.3, 0.4) is 0 Å². The molecule has 206 valence electrons. The molecule has 1 aliphatic rings. The molecule has 4 aromatic rings. The van der Waals surface area contributed by atoms with Crippen molar-refractivity contribution in [3.8, 4) is 11.5 Å². The predicted molar refractivity (Wildman–Crippen MR) is 157 cm³/mol. The molecule has 14 heteroatoms. The van der Waals surface area contributed by atoms with Gasteiger partial charge in [-0.15, -0.1) is 0 Å². The minimum Gasteiger partial charge on any atom is -0.506 e. The van der Waals surface area contributed by atoms with E-state index in [4.69, 9.17) is 21.1 Å². The third-order valence-electron chi connectivity index (χ3n) is 5.77. The summed E-state index contributed by atoms with van der Waals surface area (Å²) < 4.78 is 26.1. The Balaban J connectivity index is 1.41. The van der Waals surface area contributed by atoms with Crippen molar-refractivity contribution < 1.29 is 23.8 Å². The summed E-state index contributed by atoms with van der Waals surface area (Å²) in [7, 11) is 0. The number of halogens is 4. The highest BCUT2D eigenvalue weighted by Crippen LogP contribution is 2.35. The summed E-state index contributed by atoms with van der Waals surface area (Å²) in [5, 5.41) is 20.2. The number of anilines is 3. The van der Waals surface area contributed by atoms with Crippen molar-refractivity contribution in [3.05, 3.63) is 74.1 Å². The molecule has 40 heavy (non-hydrogen) atoms. The number of nitrogens with zero attached hydrogens (tertiary/aromatic N) is 3. The molecule has 0 saturated carbocycles. The van der Waals surface area contributed by atoms with E-state index in [-0.39, 0.29) is 16.9 Å². The zero-order chi connectivity index (χ0) is 28.2. The molecular formula is C26H20Br2ClFN6O4. The number of ether oxygens (including phenoxy) is 2. The number of nitrogens with one attached hydrogen (secondary N) is 3. The van der Waals surface area contributed by atoms with Crippen LogP contribution in [0.5, 0.6) is 11.5 Å². The van der Waals surface area contributed by atoms with Gasteiger partial charge in [0.1, 0.15) is 35.6 Å². The van der Waals surface area contributed by atoms with Gasteiger partial charge in [-0.25, -0.2) is 24.6 Å². The maximum atomic E-state index is 13.6. The van der Waals surface area contributed by atoms with Gasteiger partial charge in [0.2, 0.25) is 0 Å². The molecule has 2 amide bonds. The first-order chi connectivity index (χ1) is 19.3. The molecule has 0 aliphatic carbocycles. The first-order valence-corrected chi connectivity index (χ1v) is 13.8. The minimum atomic E-state index is -0.628. The smallest absolute Gasteiger partial charge is 0.339 e. The summed E-state index contributed by atoms with van der Waals surface area (Å²) in [6, 6.07) is 10.2. The van der Waals surface area contributed by atoms with Crippen molar-refractivity contribution in [2.45, 2.75) is 12.5 Å². The lowest BCUT2D eigenvalue weighted by atomic mass is 10.1. The molecule has 0 radical (unpaired) electrons. The molecule has 1 atom stereocenters. The highest BCUT2D eigenvalue weighted by Gasteiger charge is 2.21. The zero-order valence-corrected chi connectivity index (χ0v) is 24.3. The number of hydrogen-bond donors (Lipinski definition) is 4. The fourth-order valence-corrected chi connectivity index (χ4v) is 5.25. The highest BCUT2D eigenvalue weighted by molar-refractivity contribution is 9.11. The number of phenolic OH excluding ortho intramolecular Hbond substituents is 1. The van der Waals surface area contributed by atoms with Gasteiger partial charge in [-0.2, -0.15) is 5.10 Å². The fraction of sp³-hybridized carbons (Fsp3) is 0.154. The molecule has 1 saturated heterocycles. The van der Waals surface area contributed by atoms with Crippen LogP contribution in [0.1, 0.15) is 12.0 Å². The standard InChI is InChI=1S/C26H20Br2ClFN6O4/c27-17-5-13(6-18(28)24(17)37)10-33-36-26(38)35-22-8-16-21(9-23(22)40-15-3-4-39-11-15)31-12-32-25(16)34-14-1-2-20(30)19(29)7-14/h1-2,5-10,12,15,37H,3-4,11H2,(H,31,32,34)(H2,35,36,38)/b33-10+. The zero-order valence-electron chi connectivity index (χ0n) is 20.4. The normalized spacial score (nSPS) is 14.9. The number of aromatic nitrogens is 2. The Morgan fingerprint density at radius 3 is 2.73 bits per heavy atom. The summed E-state index contributed by atoms with van der Waals surface area (Å²) in [6.07, 6.45) is 3.32. The van der Waals surface area contributed by atoms with E-state index in [2.05, 4.69) is 63.0 Å². The van der Waals surface area contributed by atoms with Gasteiger partial charge in [0.15, 0.2) is 0 Å². The number of urea groups is 1. The lowest BCUT2D eigenvalue weighted by Gasteiger charge is -2.18. The van der Waals surface area contributed by atoms with Gasteiger partial charge in [0.05, 0.1) is 44.6 Å². The SMILES string of the molecule is O=C(N/N=C/c1cc(Br)c(O)c(Br)c1)Nc1cc2c(Nc3ccc(F)c(Cl)c3)ncnc2cc1OC1CCOC1. The number of amides is 2. The molecule has 5 rings (SSSR count). The van der Waals surface area contributed by atoms with E-state index in [1.54, 1.807) is 24.3 Å². The molecule has 1 aromatic heterocycles. The number of rotatable bonds is 7. The fourth-order valence-electron chi connectivity index (χ4n) is 3.85. The maximum Gasteiger partial charge on any atom is 0.339 e. The predicted octanol–water partition coefficient (Wildman–Crippen LogP) is 6.72. The van der Waals surface area contributed by atoms with Gasteiger partial charge in [-0.1, -0.05) is 11.6 Å². The minimum absolute atomic E-state index is 0.0376. The first-order valence-electron chi connectivity index (χ1n) is 11.8. The van der Waals surface area contributed by atoms with Crippen LogP contribution in [0, 0.1) is 5.82 Å².